The van der Waals surface area contributed by atoms with Crippen molar-refractivity contribution in [3.8, 4) is 0 Å². The Balaban J connectivity index is 2.02. The van der Waals surface area contributed by atoms with Gasteiger partial charge in [-0.25, -0.2) is 0 Å². The second-order valence-corrected chi connectivity index (χ2v) is 4.82. The maximum atomic E-state index is 9.38. The van der Waals surface area contributed by atoms with E-state index in [0.717, 1.165) is 6.42 Å². The quantitative estimate of drug-likeness (QED) is 0.871. The molecule has 0 saturated heterocycles. The van der Waals surface area contributed by atoms with E-state index < -0.39 is 6.10 Å². The van der Waals surface area contributed by atoms with Crippen LogP contribution < -0.4 is 0 Å². The lowest BCUT2D eigenvalue weighted by molar-refractivity contribution is 0.193. The highest BCUT2D eigenvalue weighted by Gasteiger charge is 2.10. The fraction of sp³-hybridized carbons (Fsp3) is 0.583. The Bertz CT molecular complexity index is 502. The molecule has 0 aliphatic heterocycles. The highest BCUT2D eigenvalue weighted by Crippen LogP contribution is 2.09. The van der Waals surface area contributed by atoms with Crippen molar-refractivity contribution in [2.45, 2.75) is 39.8 Å². The smallest absolute Gasteiger partial charge is 0.226 e. The summed E-state index contributed by atoms with van der Waals surface area (Å²) in [6, 6.07) is 1.78. The van der Waals surface area contributed by atoms with Crippen LogP contribution in [0.3, 0.4) is 0 Å². The van der Waals surface area contributed by atoms with Gasteiger partial charge in [0.05, 0.1) is 11.8 Å². The lowest BCUT2D eigenvalue weighted by Gasteiger charge is -1.98. The monoisotopic (exact) mass is 250 g/mol. The van der Waals surface area contributed by atoms with E-state index in [1.165, 1.54) is 0 Å². The van der Waals surface area contributed by atoms with Gasteiger partial charge in [-0.2, -0.15) is 10.1 Å². The number of aliphatic hydroxyl groups is 1. The standard InChI is InChI=1S/C12H18N4O2/c1-8(2)6-12-13-11(15-18-12)7-16-5-4-10(14-16)9(3)17/h4-5,8-9,17H,6-7H2,1-3H3/t9-/m1/s1. The highest BCUT2D eigenvalue weighted by molar-refractivity contribution is 5.02. The summed E-state index contributed by atoms with van der Waals surface area (Å²) in [7, 11) is 0. The minimum absolute atomic E-state index is 0.453. The van der Waals surface area contributed by atoms with Gasteiger partial charge in [-0.1, -0.05) is 19.0 Å². The molecule has 18 heavy (non-hydrogen) atoms. The minimum atomic E-state index is -0.562. The summed E-state index contributed by atoms with van der Waals surface area (Å²) in [5, 5.41) is 17.5. The van der Waals surface area contributed by atoms with Crippen LogP contribution in [0.1, 0.15) is 44.3 Å². The van der Waals surface area contributed by atoms with Gasteiger partial charge in [0.2, 0.25) is 5.89 Å². The molecule has 0 amide bonds. The number of aromatic nitrogens is 4. The van der Waals surface area contributed by atoms with Gasteiger partial charge in [-0.05, 0) is 18.9 Å². The van der Waals surface area contributed by atoms with Crippen LogP contribution in [0.25, 0.3) is 0 Å². The van der Waals surface area contributed by atoms with Crippen LogP contribution in [-0.4, -0.2) is 25.0 Å². The first-order valence-corrected chi connectivity index (χ1v) is 6.07. The molecule has 0 aliphatic rings. The van der Waals surface area contributed by atoms with Crippen molar-refractivity contribution in [2.75, 3.05) is 0 Å². The molecule has 0 aromatic carbocycles. The van der Waals surface area contributed by atoms with E-state index >= 15 is 0 Å². The topological polar surface area (TPSA) is 77.0 Å². The molecule has 2 rings (SSSR count). The third-order valence-electron chi connectivity index (χ3n) is 2.49. The maximum Gasteiger partial charge on any atom is 0.226 e. The van der Waals surface area contributed by atoms with E-state index in [1.807, 2.05) is 0 Å². The first-order valence-electron chi connectivity index (χ1n) is 6.07. The Labute approximate surface area is 106 Å². The molecule has 1 N–H and O–H groups in total. The lowest BCUT2D eigenvalue weighted by atomic mass is 10.1. The molecule has 98 valence electrons. The van der Waals surface area contributed by atoms with E-state index in [2.05, 4.69) is 29.1 Å². The number of hydrogen-bond acceptors (Lipinski definition) is 5. The third kappa shape index (κ3) is 3.16. The predicted molar refractivity (Wildman–Crippen MR) is 64.8 cm³/mol. The van der Waals surface area contributed by atoms with Crippen LogP contribution in [-0.2, 0) is 13.0 Å². The highest BCUT2D eigenvalue weighted by atomic mass is 16.5. The second-order valence-electron chi connectivity index (χ2n) is 4.82. The zero-order chi connectivity index (χ0) is 13.1. The van der Waals surface area contributed by atoms with Gasteiger partial charge in [0, 0.05) is 12.6 Å². The molecule has 0 saturated carbocycles. The number of rotatable bonds is 5. The normalized spacial score (nSPS) is 13.2. The van der Waals surface area contributed by atoms with Crippen molar-refractivity contribution in [1.29, 1.82) is 0 Å². The molecule has 0 bridgehead atoms. The molecule has 0 fully saturated rings. The molecule has 1 atom stereocenters. The predicted octanol–water partition coefficient (Wildman–Crippen LogP) is 1.57. The summed E-state index contributed by atoms with van der Waals surface area (Å²) < 4.78 is 6.84. The zero-order valence-electron chi connectivity index (χ0n) is 10.9. The van der Waals surface area contributed by atoms with Crippen molar-refractivity contribution in [3.63, 3.8) is 0 Å². The van der Waals surface area contributed by atoms with Gasteiger partial charge in [0.1, 0.15) is 6.54 Å². The van der Waals surface area contributed by atoms with Crippen molar-refractivity contribution in [2.24, 2.45) is 5.92 Å². The van der Waals surface area contributed by atoms with Gasteiger partial charge in [-0.3, -0.25) is 4.68 Å². The number of aliphatic hydroxyl groups excluding tert-OH is 1. The Hall–Kier alpha value is -1.69. The Morgan fingerprint density at radius 2 is 2.17 bits per heavy atom. The summed E-state index contributed by atoms with van der Waals surface area (Å²) in [4.78, 5) is 4.30. The van der Waals surface area contributed by atoms with Crippen molar-refractivity contribution >= 4 is 0 Å². The SMILES string of the molecule is CC(C)Cc1nc(Cn2ccc([C@@H](C)O)n2)no1. The molecule has 0 unspecified atom stereocenters. The van der Waals surface area contributed by atoms with Gasteiger partial charge in [0.25, 0.3) is 0 Å². The molecule has 6 heteroatoms. The van der Waals surface area contributed by atoms with Crippen LogP contribution in [0.4, 0.5) is 0 Å². The van der Waals surface area contributed by atoms with Crippen molar-refractivity contribution in [1.82, 2.24) is 19.9 Å². The van der Waals surface area contributed by atoms with E-state index in [4.69, 9.17) is 4.52 Å². The fourth-order valence-electron chi connectivity index (χ4n) is 1.62. The van der Waals surface area contributed by atoms with E-state index in [-0.39, 0.29) is 0 Å². The third-order valence-corrected chi connectivity index (χ3v) is 2.49. The number of hydrogen-bond donors (Lipinski definition) is 1. The van der Waals surface area contributed by atoms with Crippen LogP contribution in [0, 0.1) is 5.92 Å². The average Bonchev–Trinajstić information content (AvgIpc) is 2.88. The molecule has 0 spiro atoms. The Morgan fingerprint density at radius 1 is 1.39 bits per heavy atom. The summed E-state index contributed by atoms with van der Waals surface area (Å²) in [5.74, 6) is 1.75. The number of nitrogens with zero attached hydrogens (tertiary/aromatic N) is 4. The Kier molecular flexibility index (Phi) is 3.76. The lowest BCUT2D eigenvalue weighted by Crippen LogP contribution is -2.04. The maximum absolute atomic E-state index is 9.38. The van der Waals surface area contributed by atoms with Crippen molar-refractivity contribution in [3.05, 3.63) is 29.7 Å². The fourth-order valence-corrected chi connectivity index (χ4v) is 1.62. The average molecular weight is 250 g/mol. The molecule has 2 aromatic rings. The summed E-state index contributed by atoms with van der Waals surface area (Å²) in [6.07, 6.45) is 2.01. The van der Waals surface area contributed by atoms with Crippen molar-refractivity contribution < 1.29 is 9.63 Å². The van der Waals surface area contributed by atoms with E-state index in [0.29, 0.717) is 29.9 Å². The van der Waals surface area contributed by atoms with Gasteiger partial charge < -0.3 is 9.63 Å². The van der Waals surface area contributed by atoms with Gasteiger partial charge in [-0.15, -0.1) is 0 Å². The van der Waals surface area contributed by atoms with Gasteiger partial charge >= 0.3 is 0 Å². The first kappa shape index (κ1) is 12.8. The van der Waals surface area contributed by atoms with Crippen LogP contribution in [0.2, 0.25) is 0 Å². The molecule has 2 aromatic heterocycles. The largest absolute Gasteiger partial charge is 0.387 e. The molecule has 0 aliphatic carbocycles. The molecular weight excluding hydrogens is 232 g/mol. The van der Waals surface area contributed by atoms with E-state index in [1.54, 1.807) is 23.9 Å². The first-order chi connectivity index (χ1) is 8.54. The summed E-state index contributed by atoms with van der Waals surface area (Å²) in [5.41, 5.74) is 0.640. The summed E-state index contributed by atoms with van der Waals surface area (Å²) >= 11 is 0. The molecule has 0 radical (unpaired) electrons. The zero-order valence-corrected chi connectivity index (χ0v) is 10.9. The van der Waals surface area contributed by atoms with Gasteiger partial charge in [0.15, 0.2) is 5.82 Å². The summed E-state index contributed by atoms with van der Waals surface area (Å²) in [6.45, 7) is 6.34. The van der Waals surface area contributed by atoms with Crippen LogP contribution in [0.15, 0.2) is 16.8 Å². The van der Waals surface area contributed by atoms with Crippen LogP contribution in [0.5, 0.6) is 0 Å². The molecular formula is C12H18N4O2. The second kappa shape index (κ2) is 5.30. The minimum Gasteiger partial charge on any atom is -0.387 e. The Morgan fingerprint density at radius 3 is 2.78 bits per heavy atom. The molecule has 2 heterocycles. The van der Waals surface area contributed by atoms with Crippen LogP contribution >= 0.6 is 0 Å². The van der Waals surface area contributed by atoms with E-state index in [9.17, 15) is 5.11 Å². The molecule has 6 nitrogen and oxygen atoms in total.